The van der Waals surface area contributed by atoms with E-state index in [2.05, 4.69) is 10.6 Å². The predicted molar refractivity (Wildman–Crippen MR) is 111 cm³/mol. The number of halogens is 2. The van der Waals surface area contributed by atoms with Crippen molar-refractivity contribution in [2.75, 3.05) is 11.6 Å². The lowest BCUT2D eigenvalue weighted by Crippen LogP contribution is -2.25. The summed E-state index contributed by atoms with van der Waals surface area (Å²) in [7, 11) is -3.28. The first kappa shape index (κ1) is 22.2. The number of hydrogen-bond donors (Lipinski definition) is 2. The molecule has 0 saturated carbocycles. The maximum atomic E-state index is 12.6. The topological polar surface area (TPSA) is 92.3 Å². The molecule has 28 heavy (non-hydrogen) atoms. The van der Waals surface area contributed by atoms with Crippen LogP contribution in [0.5, 0.6) is 0 Å². The molecule has 2 aromatic rings. The molecule has 0 spiro atoms. The van der Waals surface area contributed by atoms with Crippen LogP contribution in [0.3, 0.4) is 0 Å². The molecule has 0 atom stereocenters. The minimum Gasteiger partial charge on any atom is -0.348 e. The van der Waals surface area contributed by atoms with Crippen LogP contribution in [-0.4, -0.2) is 26.5 Å². The van der Waals surface area contributed by atoms with Gasteiger partial charge in [0.15, 0.2) is 9.84 Å². The second-order valence-electron chi connectivity index (χ2n) is 6.21. The monoisotopic (exact) mass is 442 g/mol. The van der Waals surface area contributed by atoms with Crippen LogP contribution in [0.15, 0.2) is 41.3 Å². The van der Waals surface area contributed by atoms with Crippen LogP contribution in [0.1, 0.15) is 35.7 Å². The Kier molecular flexibility index (Phi) is 7.46. The predicted octanol–water partition coefficient (Wildman–Crippen LogP) is 4.07. The zero-order chi connectivity index (χ0) is 20.9. The molecule has 0 unspecified atom stereocenters. The molecule has 0 aliphatic rings. The minimum atomic E-state index is -3.28. The third-order valence-corrected chi connectivity index (χ3v) is 5.49. The summed E-state index contributed by atoms with van der Waals surface area (Å²) < 4.78 is 23.0. The highest BCUT2D eigenvalue weighted by molar-refractivity contribution is 7.90. The van der Waals surface area contributed by atoms with Gasteiger partial charge < -0.3 is 10.6 Å². The van der Waals surface area contributed by atoms with Crippen LogP contribution < -0.4 is 10.6 Å². The first-order valence-electron chi connectivity index (χ1n) is 8.48. The van der Waals surface area contributed by atoms with Gasteiger partial charge in [-0.2, -0.15) is 0 Å². The normalized spacial score (nSPS) is 11.1. The van der Waals surface area contributed by atoms with E-state index in [-0.39, 0.29) is 38.6 Å². The first-order chi connectivity index (χ1) is 13.1. The number of nitrogens with one attached hydrogen (secondary N) is 2. The molecule has 2 rings (SSSR count). The SMILES string of the molecule is CCCC(=O)Nc1c(Cl)cc(Cl)cc1C(=O)NCc1ccc(S(C)(=O)=O)cc1. The highest BCUT2D eigenvalue weighted by atomic mass is 35.5. The number of hydrogen-bond acceptors (Lipinski definition) is 4. The van der Waals surface area contributed by atoms with E-state index >= 15 is 0 Å². The van der Waals surface area contributed by atoms with E-state index in [4.69, 9.17) is 23.2 Å². The molecule has 2 amide bonds. The molecule has 0 heterocycles. The van der Waals surface area contributed by atoms with E-state index in [1.54, 1.807) is 12.1 Å². The maximum absolute atomic E-state index is 12.6. The summed E-state index contributed by atoms with van der Waals surface area (Å²) in [5, 5.41) is 5.80. The molecule has 6 nitrogen and oxygen atoms in total. The minimum absolute atomic E-state index is 0.148. The maximum Gasteiger partial charge on any atom is 0.253 e. The molecule has 150 valence electrons. The summed E-state index contributed by atoms with van der Waals surface area (Å²) >= 11 is 12.2. The van der Waals surface area contributed by atoms with E-state index < -0.39 is 15.7 Å². The summed E-state index contributed by atoms with van der Waals surface area (Å²) in [6, 6.07) is 9.06. The second-order valence-corrected chi connectivity index (χ2v) is 9.07. The fourth-order valence-corrected chi connectivity index (χ4v) is 3.61. The molecular formula is C19H20Cl2N2O4S. The van der Waals surface area contributed by atoms with Crippen LogP contribution in [0, 0.1) is 0 Å². The van der Waals surface area contributed by atoms with Gasteiger partial charge in [0.25, 0.3) is 5.91 Å². The molecule has 0 aromatic heterocycles. The van der Waals surface area contributed by atoms with Crippen LogP contribution >= 0.6 is 23.2 Å². The van der Waals surface area contributed by atoms with E-state index in [1.165, 1.54) is 24.3 Å². The Hall–Kier alpha value is -2.09. The van der Waals surface area contributed by atoms with Gasteiger partial charge in [0.1, 0.15) is 0 Å². The molecule has 2 N–H and O–H groups in total. The van der Waals surface area contributed by atoms with Gasteiger partial charge in [-0.3, -0.25) is 9.59 Å². The Balaban J connectivity index is 2.18. The summed E-state index contributed by atoms with van der Waals surface area (Å²) in [5.74, 6) is -0.722. The zero-order valence-corrected chi connectivity index (χ0v) is 17.7. The average molecular weight is 443 g/mol. The van der Waals surface area contributed by atoms with Crippen LogP contribution in [0.2, 0.25) is 10.0 Å². The van der Waals surface area contributed by atoms with E-state index in [0.29, 0.717) is 18.4 Å². The molecule has 0 saturated heterocycles. The smallest absolute Gasteiger partial charge is 0.253 e. The average Bonchev–Trinajstić information content (AvgIpc) is 2.61. The Morgan fingerprint density at radius 1 is 1.07 bits per heavy atom. The lowest BCUT2D eigenvalue weighted by atomic mass is 10.1. The molecule has 0 radical (unpaired) electrons. The van der Waals surface area contributed by atoms with Crippen molar-refractivity contribution in [2.24, 2.45) is 0 Å². The Bertz CT molecular complexity index is 990. The molecule has 0 fully saturated rings. The highest BCUT2D eigenvalue weighted by Crippen LogP contribution is 2.30. The molecule has 0 aliphatic carbocycles. The quantitative estimate of drug-likeness (QED) is 0.675. The van der Waals surface area contributed by atoms with Gasteiger partial charge >= 0.3 is 0 Å². The number of rotatable bonds is 7. The Morgan fingerprint density at radius 2 is 1.71 bits per heavy atom. The summed E-state index contributed by atoms with van der Waals surface area (Å²) in [6.45, 7) is 2.03. The summed E-state index contributed by atoms with van der Waals surface area (Å²) in [4.78, 5) is 24.8. The number of sulfone groups is 1. The van der Waals surface area contributed by atoms with E-state index in [0.717, 1.165) is 6.26 Å². The number of carbonyl (C=O) groups is 2. The fraction of sp³-hybridized carbons (Fsp3) is 0.263. The van der Waals surface area contributed by atoms with Crippen molar-refractivity contribution in [1.29, 1.82) is 0 Å². The Morgan fingerprint density at radius 3 is 2.29 bits per heavy atom. The molecular weight excluding hydrogens is 423 g/mol. The van der Waals surface area contributed by atoms with Gasteiger partial charge in [-0.1, -0.05) is 42.3 Å². The van der Waals surface area contributed by atoms with Crippen molar-refractivity contribution in [3.05, 3.63) is 57.6 Å². The van der Waals surface area contributed by atoms with Crippen LogP contribution in [0.25, 0.3) is 0 Å². The number of anilines is 1. The molecule has 9 heteroatoms. The highest BCUT2D eigenvalue weighted by Gasteiger charge is 2.18. The van der Waals surface area contributed by atoms with E-state index in [9.17, 15) is 18.0 Å². The second kappa shape index (κ2) is 9.41. The lowest BCUT2D eigenvalue weighted by molar-refractivity contribution is -0.116. The van der Waals surface area contributed by atoms with Crippen molar-refractivity contribution >= 4 is 50.5 Å². The zero-order valence-electron chi connectivity index (χ0n) is 15.4. The third kappa shape index (κ3) is 5.95. The van der Waals surface area contributed by atoms with Crippen molar-refractivity contribution < 1.29 is 18.0 Å². The van der Waals surface area contributed by atoms with Gasteiger partial charge in [-0.15, -0.1) is 0 Å². The van der Waals surface area contributed by atoms with Crippen molar-refractivity contribution in [1.82, 2.24) is 5.32 Å². The van der Waals surface area contributed by atoms with Gasteiger partial charge in [-0.25, -0.2) is 8.42 Å². The summed E-state index contributed by atoms with van der Waals surface area (Å²) in [5.41, 5.74) is 1.06. The van der Waals surface area contributed by atoms with Crippen molar-refractivity contribution in [3.8, 4) is 0 Å². The third-order valence-electron chi connectivity index (χ3n) is 3.85. The standard InChI is InChI=1S/C19H20Cl2N2O4S/c1-3-4-17(24)23-18-15(9-13(20)10-16(18)21)19(25)22-11-12-5-7-14(8-6-12)28(2,26)27/h5-10H,3-4,11H2,1-2H3,(H,22,25)(H,23,24). The molecule has 0 aliphatic heterocycles. The molecule has 0 bridgehead atoms. The fourth-order valence-electron chi connectivity index (χ4n) is 2.44. The van der Waals surface area contributed by atoms with Crippen molar-refractivity contribution in [3.63, 3.8) is 0 Å². The summed E-state index contributed by atoms with van der Waals surface area (Å²) in [6.07, 6.45) is 2.08. The van der Waals surface area contributed by atoms with Gasteiger partial charge in [-0.05, 0) is 36.2 Å². The largest absolute Gasteiger partial charge is 0.348 e. The van der Waals surface area contributed by atoms with Crippen molar-refractivity contribution in [2.45, 2.75) is 31.2 Å². The first-order valence-corrected chi connectivity index (χ1v) is 11.1. The van der Waals surface area contributed by atoms with Crippen LogP contribution in [0.4, 0.5) is 5.69 Å². The lowest BCUT2D eigenvalue weighted by Gasteiger charge is -2.14. The van der Waals surface area contributed by atoms with Gasteiger partial charge in [0, 0.05) is 24.2 Å². The molecule has 2 aromatic carbocycles. The number of carbonyl (C=O) groups excluding carboxylic acids is 2. The number of benzene rings is 2. The van der Waals surface area contributed by atoms with Gasteiger partial charge in [0.05, 0.1) is 21.2 Å². The number of amides is 2. The Labute approximate surface area is 174 Å². The van der Waals surface area contributed by atoms with Gasteiger partial charge in [0.2, 0.25) is 5.91 Å². The van der Waals surface area contributed by atoms with E-state index in [1.807, 2.05) is 6.92 Å². The van der Waals surface area contributed by atoms with Crippen LogP contribution in [-0.2, 0) is 21.2 Å².